The number of nitrogens with zero attached hydrogens (tertiary/aromatic N) is 2. The smallest absolute Gasteiger partial charge is 0.242 e. The molecule has 2 heterocycles. The average Bonchev–Trinajstić information content (AvgIpc) is 2.98. The number of piperidine rings is 1. The van der Waals surface area contributed by atoms with Gasteiger partial charge in [0.05, 0.1) is 17.3 Å². The zero-order chi connectivity index (χ0) is 23.4. The third-order valence-corrected chi connectivity index (χ3v) is 7.97. The number of likely N-dealkylation sites (tertiary alicyclic amines) is 1. The van der Waals surface area contributed by atoms with Crippen molar-refractivity contribution in [1.82, 2.24) is 4.90 Å². The quantitative estimate of drug-likeness (QED) is 0.451. The maximum atomic E-state index is 13.0. The maximum absolute atomic E-state index is 13.0. The SMILES string of the molecule is C[C@@H](C(=O)Nc1sc2c(c1C#N)CCCCC2)N1CCC(C(=O)Nc2ccccc2O)CC1. The molecule has 1 fully saturated rings. The van der Waals surface area contributed by atoms with Gasteiger partial charge in [-0.1, -0.05) is 18.6 Å². The van der Waals surface area contributed by atoms with Crippen molar-refractivity contribution in [2.45, 2.75) is 57.9 Å². The molecule has 1 aliphatic heterocycles. The number of aryl methyl sites for hydroxylation is 1. The molecule has 2 aromatic rings. The molecule has 0 unspecified atom stereocenters. The van der Waals surface area contributed by atoms with E-state index in [2.05, 4.69) is 21.6 Å². The van der Waals surface area contributed by atoms with Crippen LogP contribution in [0.4, 0.5) is 10.7 Å². The van der Waals surface area contributed by atoms with Crippen molar-refractivity contribution in [2.24, 2.45) is 5.92 Å². The van der Waals surface area contributed by atoms with E-state index in [1.54, 1.807) is 35.6 Å². The molecule has 0 spiro atoms. The number of thiophene rings is 1. The largest absolute Gasteiger partial charge is 0.506 e. The van der Waals surface area contributed by atoms with Crippen LogP contribution >= 0.6 is 11.3 Å². The number of hydrogen-bond donors (Lipinski definition) is 3. The first kappa shape index (κ1) is 23.3. The minimum atomic E-state index is -0.347. The van der Waals surface area contributed by atoms with Gasteiger partial charge in [0.25, 0.3) is 0 Å². The van der Waals surface area contributed by atoms with Crippen LogP contribution in [0.25, 0.3) is 0 Å². The Morgan fingerprint density at radius 1 is 1.15 bits per heavy atom. The fraction of sp³-hybridized carbons (Fsp3) is 0.480. The second-order valence-corrected chi connectivity index (χ2v) is 9.97. The van der Waals surface area contributed by atoms with E-state index in [0.717, 1.165) is 31.2 Å². The number of nitrogens with one attached hydrogen (secondary N) is 2. The Morgan fingerprint density at radius 2 is 1.88 bits per heavy atom. The molecule has 1 aromatic carbocycles. The number of rotatable bonds is 5. The summed E-state index contributed by atoms with van der Waals surface area (Å²) in [5, 5.41) is 26.1. The number of phenols is 1. The molecule has 33 heavy (non-hydrogen) atoms. The number of nitriles is 1. The zero-order valence-electron chi connectivity index (χ0n) is 18.9. The summed E-state index contributed by atoms with van der Waals surface area (Å²) < 4.78 is 0. The molecule has 2 amide bonds. The van der Waals surface area contributed by atoms with Crippen LogP contribution in [0, 0.1) is 17.2 Å². The maximum Gasteiger partial charge on any atom is 0.242 e. The number of hydrogen-bond acceptors (Lipinski definition) is 6. The second kappa shape index (κ2) is 10.4. The van der Waals surface area contributed by atoms with E-state index in [1.165, 1.54) is 11.3 Å². The van der Waals surface area contributed by atoms with Crippen LogP contribution in [0.3, 0.4) is 0 Å². The molecule has 174 valence electrons. The monoisotopic (exact) mass is 466 g/mol. The van der Waals surface area contributed by atoms with Crippen LogP contribution in [0.15, 0.2) is 24.3 Å². The molecule has 1 saturated heterocycles. The van der Waals surface area contributed by atoms with Gasteiger partial charge < -0.3 is 15.7 Å². The van der Waals surface area contributed by atoms with Crippen LogP contribution < -0.4 is 10.6 Å². The van der Waals surface area contributed by atoms with E-state index < -0.39 is 0 Å². The number of aromatic hydroxyl groups is 1. The first-order valence-corrected chi connectivity index (χ1v) is 12.5. The van der Waals surface area contributed by atoms with Crippen LogP contribution in [0.2, 0.25) is 0 Å². The summed E-state index contributed by atoms with van der Waals surface area (Å²) in [6, 6.07) is 8.67. The fourth-order valence-corrected chi connectivity index (χ4v) is 5.94. The first-order valence-electron chi connectivity index (χ1n) is 11.7. The van der Waals surface area contributed by atoms with Crippen LogP contribution in [0.1, 0.15) is 55.0 Å². The van der Waals surface area contributed by atoms with Crippen molar-refractivity contribution >= 4 is 33.8 Å². The lowest BCUT2D eigenvalue weighted by molar-refractivity contribution is -0.123. The minimum absolute atomic E-state index is 0.0520. The Morgan fingerprint density at radius 3 is 2.61 bits per heavy atom. The lowest BCUT2D eigenvalue weighted by atomic mass is 9.94. The van der Waals surface area contributed by atoms with Crippen molar-refractivity contribution in [3.8, 4) is 11.8 Å². The van der Waals surface area contributed by atoms with E-state index in [4.69, 9.17) is 0 Å². The lowest BCUT2D eigenvalue weighted by Crippen LogP contribution is -2.47. The molecule has 4 rings (SSSR count). The Balaban J connectivity index is 1.33. The predicted molar refractivity (Wildman–Crippen MR) is 129 cm³/mol. The van der Waals surface area contributed by atoms with Crippen molar-refractivity contribution in [3.05, 3.63) is 40.3 Å². The standard InChI is InChI=1S/C25H30N4O3S/c1-16(23(31)28-25-19(15-26)18-7-3-2-4-10-22(18)33-25)29-13-11-17(12-14-29)24(32)27-20-8-5-6-9-21(20)30/h5-6,8-9,16-17,30H,2-4,7,10-14H2,1H3,(H,27,32)(H,28,31)/t16-/m0/s1. The number of carbonyl (C=O) groups is 2. The molecule has 2 aliphatic rings. The molecule has 1 aromatic heterocycles. The van der Waals surface area contributed by atoms with Crippen molar-refractivity contribution in [2.75, 3.05) is 23.7 Å². The van der Waals surface area contributed by atoms with Gasteiger partial charge >= 0.3 is 0 Å². The Bertz CT molecular complexity index is 1070. The molecule has 0 radical (unpaired) electrons. The number of para-hydroxylation sites is 2. The number of anilines is 2. The highest BCUT2D eigenvalue weighted by Crippen LogP contribution is 2.37. The van der Waals surface area contributed by atoms with Gasteiger partial charge in [-0.25, -0.2) is 0 Å². The Labute approximate surface area is 198 Å². The fourth-order valence-electron chi connectivity index (χ4n) is 4.69. The molecule has 7 nitrogen and oxygen atoms in total. The summed E-state index contributed by atoms with van der Waals surface area (Å²) in [5.41, 5.74) is 2.18. The van der Waals surface area contributed by atoms with E-state index in [1.807, 2.05) is 6.92 Å². The van der Waals surface area contributed by atoms with E-state index in [9.17, 15) is 20.0 Å². The van der Waals surface area contributed by atoms with Crippen molar-refractivity contribution < 1.29 is 14.7 Å². The van der Waals surface area contributed by atoms with Gasteiger partial charge in [-0.2, -0.15) is 5.26 Å². The van der Waals surface area contributed by atoms with Gasteiger partial charge in [-0.3, -0.25) is 14.5 Å². The van der Waals surface area contributed by atoms with Crippen molar-refractivity contribution in [1.29, 1.82) is 5.26 Å². The molecular weight excluding hydrogens is 436 g/mol. The summed E-state index contributed by atoms with van der Waals surface area (Å²) in [4.78, 5) is 28.9. The van der Waals surface area contributed by atoms with Gasteiger partial charge in [0.1, 0.15) is 16.8 Å². The van der Waals surface area contributed by atoms with Gasteiger partial charge in [0.15, 0.2) is 0 Å². The first-order chi connectivity index (χ1) is 16.0. The highest BCUT2D eigenvalue weighted by Gasteiger charge is 2.31. The van der Waals surface area contributed by atoms with Gasteiger partial charge in [0.2, 0.25) is 11.8 Å². The summed E-state index contributed by atoms with van der Waals surface area (Å²) >= 11 is 1.55. The number of benzene rings is 1. The topological polar surface area (TPSA) is 105 Å². The van der Waals surface area contributed by atoms with Gasteiger partial charge in [0, 0.05) is 10.8 Å². The lowest BCUT2D eigenvalue weighted by Gasteiger charge is -2.34. The molecule has 8 heteroatoms. The molecule has 1 aliphatic carbocycles. The molecule has 1 atom stereocenters. The predicted octanol–water partition coefficient (Wildman–Crippen LogP) is 4.27. The average molecular weight is 467 g/mol. The molecular formula is C25H30N4O3S. The number of amides is 2. The third kappa shape index (κ3) is 5.21. The molecule has 0 saturated carbocycles. The summed E-state index contributed by atoms with van der Waals surface area (Å²) in [7, 11) is 0. The van der Waals surface area contributed by atoms with Gasteiger partial charge in [-0.05, 0) is 76.2 Å². The minimum Gasteiger partial charge on any atom is -0.506 e. The van der Waals surface area contributed by atoms with Crippen molar-refractivity contribution in [3.63, 3.8) is 0 Å². The highest BCUT2D eigenvalue weighted by molar-refractivity contribution is 7.16. The van der Waals surface area contributed by atoms with Crippen LogP contribution in [-0.2, 0) is 22.4 Å². The van der Waals surface area contributed by atoms with Gasteiger partial charge in [-0.15, -0.1) is 11.3 Å². The highest BCUT2D eigenvalue weighted by atomic mass is 32.1. The number of fused-ring (bicyclic) bond motifs is 1. The van der Waals surface area contributed by atoms with Crippen LogP contribution in [-0.4, -0.2) is 41.0 Å². The summed E-state index contributed by atoms with van der Waals surface area (Å²) in [5.74, 6) is -0.322. The number of phenolic OH excluding ortho intramolecular Hbond substituents is 1. The Kier molecular flexibility index (Phi) is 7.31. The summed E-state index contributed by atoms with van der Waals surface area (Å²) in [6.45, 7) is 3.15. The number of carbonyl (C=O) groups excluding carboxylic acids is 2. The molecule has 0 bridgehead atoms. The van der Waals surface area contributed by atoms with E-state index >= 15 is 0 Å². The third-order valence-electron chi connectivity index (χ3n) is 6.76. The Hall–Kier alpha value is -2.89. The van der Waals surface area contributed by atoms with E-state index in [-0.39, 0.29) is 29.5 Å². The normalized spacial score (nSPS) is 17.9. The van der Waals surface area contributed by atoms with Crippen LogP contribution in [0.5, 0.6) is 5.75 Å². The summed E-state index contributed by atoms with van der Waals surface area (Å²) in [6.07, 6.45) is 6.60. The molecule has 3 N–H and O–H groups in total. The van der Waals surface area contributed by atoms with E-state index in [0.29, 0.717) is 42.2 Å². The second-order valence-electron chi connectivity index (χ2n) is 8.86. The zero-order valence-corrected chi connectivity index (χ0v) is 19.7.